The molecular formula is C25H17Br2NO6. The van der Waals surface area contributed by atoms with E-state index >= 15 is 0 Å². The van der Waals surface area contributed by atoms with Crippen LogP contribution in [0.3, 0.4) is 0 Å². The van der Waals surface area contributed by atoms with Crippen molar-refractivity contribution in [3.8, 4) is 11.5 Å². The third-order valence-electron chi connectivity index (χ3n) is 5.06. The molecule has 1 heterocycles. The maximum absolute atomic E-state index is 13.5. The van der Waals surface area contributed by atoms with Gasteiger partial charge in [-0.15, -0.1) is 0 Å². The quantitative estimate of drug-likeness (QED) is 0.167. The summed E-state index contributed by atoms with van der Waals surface area (Å²) in [5, 5.41) is 10.5. The van der Waals surface area contributed by atoms with Crippen LogP contribution >= 0.6 is 31.9 Å². The Balaban J connectivity index is 1.75. The van der Waals surface area contributed by atoms with Gasteiger partial charge < -0.3 is 20.0 Å². The Hall–Kier alpha value is -3.43. The van der Waals surface area contributed by atoms with E-state index in [1.54, 1.807) is 42.5 Å². The van der Waals surface area contributed by atoms with Crippen LogP contribution in [-0.2, 0) is 11.2 Å². The number of furan rings is 1. The lowest BCUT2D eigenvalue weighted by Gasteiger charge is -2.07. The van der Waals surface area contributed by atoms with Crippen molar-refractivity contribution in [2.45, 2.75) is 12.8 Å². The van der Waals surface area contributed by atoms with E-state index in [-0.39, 0.29) is 41.4 Å². The molecule has 4 rings (SSSR count). The molecule has 7 nitrogen and oxygen atoms in total. The number of primary amides is 1. The molecule has 0 unspecified atom stereocenters. The van der Waals surface area contributed by atoms with Crippen LogP contribution in [0.15, 0.2) is 74.0 Å². The zero-order chi connectivity index (χ0) is 24.4. The molecule has 0 aliphatic heterocycles. The minimum absolute atomic E-state index is 0.0150. The molecule has 0 bridgehead atoms. The van der Waals surface area contributed by atoms with Gasteiger partial charge in [0.25, 0.3) is 0 Å². The molecule has 1 amide bonds. The number of ether oxygens (including phenoxy) is 1. The SMILES string of the molecule is NC(=O)CCc1oc2cc(OC(=O)c3ccccc3)ccc2c1C(=O)c1cc(Br)c(O)c(Br)c1. The maximum Gasteiger partial charge on any atom is 0.343 e. The molecule has 0 saturated carbocycles. The number of aryl methyl sites for hydroxylation is 1. The first-order chi connectivity index (χ1) is 16.2. The Morgan fingerprint density at radius 1 is 0.941 bits per heavy atom. The molecule has 3 N–H and O–H groups in total. The normalized spacial score (nSPS) is 10.9. The van der Waals surface area contributed by atoms with Crippen LogP contribution in [-0.4, -0.2) is 22.8 Å². The number of ketones is 1. The number of phenols is 1. The van der Waals surface area contributed by atoms with E-state index in [0.29, 0.717) is 31.0 Å². The highest BCUT2D eigenvalue weighted by Gasteiger charge is 2.24. The summed E-state index contributed by atoms with van der Waals surface area (Å²) in [7, 11) is 0. The molecule has 34 heavy (non-hydrogen) atoms. The van der Waals surface area contributed by atoms with Crippen molar-refractivity contribution in [3.63, 3.8) is 0 Å². The Labute approximate surface area is 210 Å². The lowest BCUT2D eigenvalue weighted by atomic mass is 9.98. The number of halogens is 2. The fourth-order valence-electron chi connectivity index (χ4n) is 3.43. The average molecular weight is 587 g/mol. The van der Waals surface area contributed by atoms with Gasteiger partial charge in [-0.1, -0.05) is 18.2 Å². The molecule has 172 valence electrons. The molecule has 4 aromatic rings. The number of benzene rings is 3. The number of hydrogen-bond acceptors (Lipinski definition) is 6. The molecule has 0 radical (unpaired) electrons. The van der Waals surface area contributed by atoms with Crippen LogP contribution in [0.2, 0.25) is 0 Å². The predicted octanol–water partition coefficient (Wildman–Crippen LogP) is 5.53. The Morgan fingerprint density at radius 2 is 1.62 bits per heavy atom. The summed E-state index contributed by atoms with van der Waals surface area (Å²) in [5.41, 5.74) is 6.57. The highest BCUT2D eigenvalue weighted by atomic mass is 79.9. The summed E-state index contributed by atoms with van der Waals surface area (Å²) in [6, 6.07) is 16.2. The third kappa shape index (κ3) is 4.90. The van der Waals surface area contributed by atoms with Gasteiger partial charge in [-0.2, -0.15) is 0 Å². The topological polar surface area (TPSA) is 120 Å². The minimum Gasteiger partial charge on any atom is -0.506 e. The van der Waals surface area contributed by atoms with Gasteiger partial charge in [0.05, 0.1) is 20.1 Å². The van der Waals surface area contributed by atoms with E-state index in [4.69, 9.17) is 14.9 Å². The largest absolute Gasteiger partial charge is 0.506 e. The van der Waals surface area contributed by atoms with E-state index in [9.17, 15) is 19.5 Å². The first kappa shape index (κ1) is 23.7. The van der Waals surface area contributed by atoms with Gasteiger partial charge >= 0.3 is 5.97 Å². The molecule has 0 atom stereocenters. The molecule has 0 aliphatic carbocycles. The summed E-state index contributed by atoms with van der Waals surface area (Å²) < 4.78 is 12.0. The number of amides is 1. The number of nitrogens with two attached hydrogens (primary N) is 1. The first-order valence-electron chi connectivity index (χ1n) is 10.1. The summed E-state index contributed by atoms with van der Waals surface area (Å²) in [5.74, 6) is -0.945. The third-order valence-corrected chi connectivity index (χ3v) is 6.27. The number of aromatic hydroxyl groups is 1. The number of esters is 1. The monoisotopic (exact) mass is 585 g/mol. The number of phenolic OH excluding ortho intramolecular Hbond substituents is 1. The molecule has 3 aromatic carbocycles. The van der Waals surface area contributed by atoms with Crippen molar-refractivity contribution >= 4 is 60.5 Å². The van der Waals surface area contributed by atoms with E-state index < -0.39 is 11.9 Å². The molecular weight excluding hydrogens is 570 g/mol. The highest BCUT2D eigenvalue weighted by molar-refractivity contribution is 9.11. The van der Waals surface area contributed by atoms with Crippen LogP contribution in [0, 0.1) is 0 Å². The lowest BCUT2D eigenvalue weighted by molar-refractivity contribution is -0.118. The number of carbonyl (C=O) groups is 3. The number of hydrogen-bond donors (Lipinski definition) is 2. The number of fused-ring (bicyclic) bond motifs is 1. The van der Waals surface area contributed by atoms with Gasteiger partial charge in [0.15, 0.2) is 5.78 Å². The van der Waals surface area contributed by atoms with Gasteiger partial charge in [0.2, 0.25) is 5.91 Å². The van der Waals surface area contributed by atoms with E-state index in [1.807, 2.05) is 0 Å². The second kappa shape index (κ2) is 9.82. The fraction of sp³-hybridized carbons (Fsp3) is 0.0800. The second-order valence-electron chi connectivity index (χ2n) is 7.40. The average Bonchev–Trinajstić information content (AvgIpc) is 3.18. The zero-order valence-electron chi connectivity index (χ0n) is 17.5. The maximum atomic E-state index is 13.5. The number of carbonyl (C=O) groups excluding carboxylic acids is 3. The Morgan fingerprint density at radius 3 is 2.26 bits per heavy atom. The van der Waals surface area contributed by atoms with Crippen molar-refractivity contribution in [2.75, 3.05) is 0 Å². The summed E-state index contributed by atoms with van der Waals surface area (Å²) in [6.45, 7) is 0. The van der Waals surface area contributed by atoms with Crippen molar-refractivity contribution < 1.29 is 28.6 Å². The Bertz CT molecular complexity index is 1410. The van der Waals surface area contributed by atoms with Gasteiger partial charge in [-0.05, 0) is 68.3 Å². The van der Waals surface area contributed by atoms with Crippen molar-refractivity contribution in [3.05, 3.63) is 92.1 Å². The molecule has 0 aliphatic rings. The van der Waals surface area contributed by atoms with Gasteiger partial charge in [-0.25, -0.2) is 4.79 Å². The molecule has 1 aromatic heterocycles. The van der Waals surface area contributed by atoms with Crippen LogP contribution in [0.1, 0.15) is 38.5 Å². The zero-order valence-corrected chi connectivity index (χ0v) is 20.7. The van der Waals surface area contributed by atoms with E-state index in [1.165, 1.54) is 18.2 Å². The summed E-state index contributed by atoms with van der Waals surface area (Å²) in [6.07, 6.45) is 0.101. The Kier molecular flexibility index (Phi) is 6.85. The van der Waals surface area contributed by atoms with E-state index in [0.717, 1.165) is 0 Å². The van der Waals surface area contributed by atoms with Crippen molar-refractivity contribution in [1.29, 1.82) is 0 Å². The van der Waals surface area contributed by atoms with Crippen LogP contribution < -0.4 is 10.5 Å². The summed E-state index contributed by atoms with van der Waals surface area (Å²) >= 11 is 6.47. The minimum atomic E-state index is -0.536. The predicted molar refractivity (Wildman–Crippen MR) is 132 cm³/mol. The second-order valence-corrected chi connectivity index (χ2v) is 9.11. The molecule has 0 spiro atoms. The first-order valence-corrected chi connectivity index (χ1v) is 11.7. The van der Waals surface area contributed by atoms with Crippen LogP contribution in [0.5, 0.6) is 11.5 Å². The lowest BCUT2D eigenvalue weighted by Crippen LogP contribution is -2.12. The fourth-order valence-corrected chi connectivity index (χ4v) is 4.62. The van der Waals surface area contributed by atoms with Gasteiger partial charge in [0.1, 0.15) is 22.8 Å². The number of rotatable bonds is 7. The highest BCUT2D eigenvalue weighted by Crippen LogP contribution is 2.36. The van der Waals surface area contributed by atoms with E-state index in [2.05, 4.69) is 31.9 Å². The standard InChI is InChI=1S/C25H17Br2NO6/c26-17-10-14(11-18(27)24(17)31)23(30)22-16-7-6-15(33-25(32)13-4-2-1-3-5-13)12-20(16)34-19(22)8-9-21(28)29/h1-7,10-12,31H,8-9H2,(H2,28,29). The molecule has 9 heteroatoms. The molecule has 0 fully saturated rings. The van der Waals surface area contributed by atoms with Crippen LogP contribution in [0.4, 0.5) is 0 Å². The smallest absolute Gasteiger partial charge is 0.343 e. The van der Waals surface area contributed by atoms with Crippen molar-refractivity contribution in [2.24, 2.45) is 5.73 Å². The van der Waals surface area contributed by atoms with Gasteiger partial charge in [-0.3, -0.25) is 9.59 Å². The summed E-state index contributed by atoms with van der Waals surface area (Å²) in [4.78, 5) is 37.2. The molecule has 0 saturated heterocycles. The van der Waals surface area contributed by atoms with Crippen LogP contribution in [0.25, 0.3) is 11.0 Å². The van der Waals surface area contributed by atoms with Gasteiger partial charge in [0, 0.05) is 29.9 Å². The van der Waals surface area contributed by atoms with Crippen molar-refractivity contribution in [1.82, 2.24) is 0 Å².